The van der Waals surface area contributed by atoms with Crippen LogP contribution < -0.4 is 10.2 Å². The van der Waals surface area contributed by atoms with Crippen molar-refractivity contribution >= 4 is 7.94 Å². The molecule has 0 aromatic rings. The van der Waals surface area contributed by atoms with Crippen LogP contribution in [0.25, 0.3) is 0 Å². The Bertz CT molecular complexity index is 106. The number of hydrogen-bond acceptors (Lipinski definition) is 4. The van der Waals surface area contributed by atoms with Crippen LogP contribution in [0.4, 0.5) is 0 Å². The van der Waals surface area contributed by atoms with Gasteiger partial charge in [0, 0.05) is 0 Å². The monoisotopic (exact) mass is 181 g/mol. The van der Waals surface area contributed by atoms with Gasteiger partial charge in [0.1, 0.15) is 0 Å². The van der Waals surface area contributed by atoms with E-state index in [0.29, 0.717) is 0 Å². The van der Waals surface area contributed by atoms with Gasteiger partial charge in [0.25, 0.3) is 0 Å². The van der Waals surface area contributed by atoms with E-state index in [9.17, 15) is 0 Å². The molecule has 0 saturated heterocycles. The van der Waals surface area contributed by atoms with Gasteiger partial charge < -0.3 is 0 Å². The molecule has 0 unspecified atom stereocenters. The zero-order valence-corrected chi connectivity index (χ0v) is 9.06. The molecule has 0 aromatic heterocycles. The molecule has 0 heterocycles. The van der Waals surface area contributed by atoms with E-state index in [4.69, 9.17) is 4.52 Å². The van der Waals surface area contributed by atoms with Crippen LogP contribution in [0.3, 0.4) is 0 Å². The fraction of sp³-hybridized carbons (Fsp3) is 1.00. The third kappa shape index (κ3) is 2.65. The molecule has 2 N–H and O–H groups in total. The number of nitrogens with one attached hydrogen (secondary N) is 2. The molecule has 0 aliphatic rings. The minimum absolute atomic E-state index is 0.728. The van der Waals surface area contributed by atoms with Crippen molar-refractivity contribution in [3.05, 3.63) is 0 Å². The van der Waals surface area contributed by atoms with Crippen molar-refractivity contribution in [2.24, 2.45) is 0 Å². The van der Waals surface area contributed by atoms with Gasteiger partial charge in [-0.1, -0.05) is 0 Å². The first-order valence-corrected chi connectivity index (χ1v) is 5.67. The molecule has 11 heavy (non-hydrogen) atoms. The predicted octanol–water partition coefficient (Wildman–Crippen LogP) is 0.433. The topological polar surface area (TPSA) is 36.5 Å². The normalized spacial score (nSPS) is 14.0. The molecule has 0 rings (SSSR count). The van der Waals surface area contributed by atoms with Crippen molar-refractivity contribution in [2.45, 2.75) is 6.92 Å². The molecule has 0 atom stereocenters. The van der Waals surface area contributed by atoms with Gasteiger partial charge in [-0.2, -0.15) is 0 Å². The SMILES string of the molecule is CCO[PH](NC)(NC)N(C)C. The summed E-state index contributed by atoms with van der Waals surface area (Å²) in [5, 5.41) is 6.39. The molecule has 0 aliphatic heterocycles. The molecule has 0 saturated carbocycles. The van der Waals surface area contributed by atoms with Crippen molar-refractivity contribution in [2.75, 3.05) is 34.8 Å². The molecule has 0 amide bonds. The summed E-state index contributed by atoms with van der Waals surface area (Å²) in [7, 11) is 5.86. The summed E-state index contributed by atoms with van der Waals surface area (Å²) < 4.78 is 7.71. The second-order valence-corrected chi connectivity index (χ2v) is 5.94. The third-order valence-electron chi connectivity index (χ3n) is 1.66. The molecule has 70 valence electrons. The summed E-state index contributed by atoms with van der Waals surface area (Å²) in [4.78, 5) is 0. The Morgan fingerprint density at radius 3 is 1.82 bits per heavy atom. The molecule has 5 heteroatoms. The van der Waals surface area contributed by atoms with E-state index in [-0.39, 0.29) is 0 Å². The molecule has 4 nitrogen and oxygen atoms in total. The average Bonchev–Trinajstić information content (AvgIpc) is 2.00. The van der Waals surface area contributed by atoms with E-state index in [1.807, 2.05) is 35.1 Å². The number of hydrogen-bond donors (Lipinski definition) is 2. The number of nitrogens with zero attached hydrogens (tertiary/aromatic N) is 1. The van der Waals surface area contributed by atoms with E-state index in [0.717, 1.165) is 6.61 Å². The van der Waals surface area contributed by atoms with Crippen LogP contribution >= 0.6 is 7.94 Å². The molecule has 0 bridgehead atoms. The van der Waals surface area contributed by atoms with Crippen molar-refractivity contribution in [3.8, 4) is 0 Å². The van der Waals surface area contributed by atoms with E-state index < -0.39 is 7.94 Å². The van der Waals surface area contributed by atoms with Gasteiger partial charge >= 0.3 is 69.0 Å². The maximum absolute atomic E-state index is 5.63. The Hall–Kier alpha value is 0.270. The fourth-order valence-electron chi connectivity index (χ4n) is 1.05. The number of rotatable bonds is 5. The Labute approximate surface area is 69.9 Å². The summed E-state index contributed by atoms with van der Waals surface area (Å²) in [6, 6.07) is 0. The molecular weight excluding hydrogens is 161 g/mol. The summed E-state index contributed by atoms with van der Waals surface area (Å²) >= 11 is 0. The van der Waals surface area contributed by atoms with E-state index in [1.165, 1.54) is 0 Å². The first-order valence-electron chi connectivity index (χ1n) is 3.82. The van der Waals surface area contributed by atoms with Gasteiger partial charge in [-0.3, -0.25) is 0 Å². The summed E-state index contributed by atoms with van der Waals surface area (Å²) in [6.07, 6.45) is 0. The predicted molar refractivity (Wildman–Crippen MR) is 51.7 cm³/mol. The Morgan fingerprint density at radius 1 is 1.27 bits per heavy atom. The van der Waals surface area contributed by atoms with Gasteiger partial charge in [0.15, 0.2) is 0 Å². The van der Waals surface area contributed by atoms with Crippen molar-refractivity contribution in [1.82, 2.24) is 14.8 Å². The third-order valence-corrected chi connectivity index (χ3v) is 4.98. The van der Waals surface area contributed by atoms with Crippen molar-refractivity contribution in [1.29, 1.82) is 0 Å². The second-order valence-electron chi connectivity index (χ2n) is 2.47. The first-order chi connectivity index (χ1) is 5.13. The quantitative estimate of drug-likeness (QED) is 0.603. The van der Waals surface area contributed by atoms with E-state index >= 15 is 0 Å². The zero-order valence-electron chi connectivity index (χ0n) is 8.06. The summed E-state index contributed by atoms with van der Waals surface area (Å²) in [5.41, 5.74) is 0. The molecule has 0 aromatic carbocycles. The molecule has 0 aliphatic carbocycles. The van der Waals surface area contributed by atoms with E-state index in [1.54, 1.807) is 0 Å². The van der Waals surface area contributed by atoms with Gasteiger partial charge in [-0.25, -0.2) is 0 Å². The van der Waals surface area contributed by atoms with Crippen LogP contribution in [-0.4, -0.2) is 39.5 Å². The van der Waals surface area contributed by atoms with Gasteiger partial charge in [-0.15, -0.1) is 0 Å². The first kappa shape index (κ1) is 11.3. The summed E-state index contributed by atoms with van der Waals surface area (Å²) in [5.74, 6) is 0. The van der Waals surface area contributed by atoms with Crippen LogP contribution in [0.1, 0.15) is 6.92 Å². The summed E-state index contributed by atoms with van der Waals surface area (Å²) in [6.45, 7) is 2.73. The van der Waals surface area contributed by atoms with Crippen molar-refractivity contribution < 1.29 is 4.52 Å². The van der Waals surface area contributed by atoms with Crippen LogP contribution in [0.2, 0.25) is 0 Å². The van der Waals surface area contributed by atoms with Crippen molar-refractivity contribution in [3.63, 3.8) is 0 Å². The molecule has 0 radical (unpaired) electrons. The maximum atomic E-state index is 5.63. The second kappa shape index (κ2) is 5.01. The Kier molecular flexibility index (Phi) is 5.13. The Balaban J connectivity index is 4.20. The van der Waals surface area contributed by atoms with Crippen LogP contribution in [0, 0.1) is 0 Å². The van der Waals surface area contributed by atoms with E-state index in [2.05, 4.69) is 14.8 Å². The van der Waals surface area contributed by atoms with Gasteiger partial charge in [0.05, 0.1) is 0 Å². The van der Waals surface area contributed by atoms with Gasteiger partial charge in [0.2, 0.25) is 0 Å². The minimum atomic E-state index is -1.99. The zero-order chi connectivity index (χ0) is 8.91. The molecule has 0 fully saturated rings. The van der Waals surface area contributed by atoms with Crippen LogP contribution in [-0.2, 0) is 4.52 Å². The fourth-order valence-corrected chi connectivity index (χ4v) is 3.16. The van der Waals surface area contributed by atoms with Crippen LogP contribution in [0.15, 0.2) is 0 Å². The molecular formula is C6H20N3OP. The Morgan fingerprint density at radius 2 is 1.73 bits per heavy atom. The average molecular weight is 181 g/mol. The molecule has 0 spiro atoms. The standard InChI is InChI=1S/C6H20N3OP/c1-6-10-11(7-2,8-3)9(4)5/h7-8,11H,6H2,1-5H3. The van der Waals surface area contributed by atoms with Gasteiger partial charge in [-0.05, 0) is 0 Å². The van der Waals surface area contributed by atoms with Crippen LogP contribution in [0.5, 0.6) is 0 Å².